The van der Waals surface area contributed by atoms with Crippen LogP contribution in [0.2, 0.25) is 0 Å². The molecule has 0 aliphatic carbocycles. The Balaban J connectivity index is 1.99. The third kappa shape index (κ3) is 3.36. The molecule has 3 aromatic heterocycles. The van der Waals surface area contributed by atoms with Gasteiger partial charge in [-0.05, 0) is 44.4 Å². The molecule has 3 rings (SSSR count). The average Bonchev–Trinajstić information content (AvgIpc) is 3.14. The Kier molecular flexibility index (Phi) is 4.76. The van der Waals surface area contributed by atoms with Crippen LogP contribution in [0.4, 0.5) is 0 Å². The number of aryl methyl sites for hydroxylation is 2. The fraction of sp³-hybridized carbons (Fsp3) is 0.222. The van der Waals surface area contributed by atoms with Crippen LogP contribution in [-0.4, -0.2) is 21.2 Å². The molecule has 6 nitrogen and oxygen atoms in total. The number of carbonyl (C=O) groups excluding carboxylic acids is 1. The summed E-state index contributed by atoms with van der Waals surface area (Å²) in [5.74, 6) is -0.523. The normalized spacial score (nSPS) is 11.7. The van der Waals surface area contributed by atoms with Gasteiger partial charge in [0.1, 0.15) is 11.2 Å². The molecule has 0 aliphatic heterocycles. The van der Waals surface area contributed by atoms with Crippen LogP contribution in [0, 0.1) is 6.92 Å². The zero-order valence-corrected chi connectivity index (χ0v) is 15.1. The number of pyridine rings is 2. The summed E-state index contributed by atoms with van der Waals surface area (Å²) in [7, 11) is 0. The van der Waals surface area contributed by atoms with E-state index in [2.05, 4.69) is 15.5 Å². The number of nitrogens with one attached hydrogen (secondary N) is 1. The molecule has 128 valence electrons. The van der Waals surface area contributed by atoms with Gasteiger partial charge in [0.2, 0.25) is 5.43 Å². The first kappa shape index (κ1) is 17.0. The van der Waals surface area contributed by atoms with Gasteiger partial charge in [0, 0.05) is 23.3 Å². The number of thiophene rings is 1. The minimum Gasteiger partial charge on any atom is -0.332 e. The maximum atomic E-state index is 12.7. The lowest BCUT2D eigenvalue weighted by molar-refractivity contribution is 0.0953. The molecule has 3 heterocycles. The van der Waals surface area contributed by atoms with E-state index in [0.717, 1.165) is 10.6 Å². The molecule has 1 amide bonds. The Morgan fingerprint density at radius 1 is 1.36 bits per heavy atom. The second-order valence-corrected chi connectivity index (χ2v) is 6.54. The largest absolute Gasteiger partial charge is 0.332 e. The van der Waals surface area contributed by atoms with E-state index in [1.54, 1.807) is 22.9 Å². The Morgan fingerprint density at radius 2 is 2.16 bits per heavy atom. The molecular formula is C18H18N4O2S. The Hall–Kier alpha value is -2.80. The van der Waals surface area contributed by atoms with Crippen molar-refractivity contribution in [3.8, 4) is 0 Å². The first-order valence-corrected chi connectivity index (χ1v) is 8.78. The lowest BCUT2D eigenvalue weighted by Gasteiger charge is -2.10. The standard InChI is InChI=1S/C18H18N4O2S/c1-4-22-10-14(16(23)13-8-7-11(2)19-17(13)22)18(24)21-20-12(3)15-6-5-9-25-15/h5-10H,4H2,1-3H3,(H,21,24)/b20-12+. The maximum Gasteiger partial charge on any atom is 0.276 e. The molecule has 0 aliphatic rings. The first-order chi connectivity index (χ1) is 12.0. The monoisotopic (exact) mass is 354 g/mol. The number of aromatic nitrogens is 2. The van der Waals surface area contributed by atoms with Crippen LogP contribution in [0.3, 0.4) is 0 Å². The van der Waals surface area contributed by atoms with Crippen LogP contribution >= 0.6 is 11.3 Å². The molecule has 0 radical (unpaired) electrons. The highest BCUT2D eigenvalue weighted by molar-refractivity contribution is 7.12. The van der Waals surface area contributed by atoms with Crippen molar-refractivity contribution in [1.82, 2.24) is 15.0 Å². The fourth-order valence-corrected chi connectivity index (χ4v) is 3.17. The number of hydrogen-bond donors (Lipinski definition) is 1. The van der Waals surface area contributed by atoms with E-state index >= 15 is 0 Å². The average molecular weight is 354 g/mol. The Morgan fingerprint density at radius 3 is 2.84 bits per heavy atom. The number of amides is 1. The van der Waals surface area contributed by atoms with Crippen molar-refractivity contribution in [3.05, 3.63) is 62.2 Å². The molecule has 7 heteroatoms. The minimum absolute atomic E-state index is 0.0581. The summed E-state index contributed by atoms with van der Waals surface area (Å²) in [6, 6.07) is 7.32. The van der Waals surface area contributed by atoms with Crippen LogP contribution in [0.1, 0.15) is 34.8 Å². The SMILES string of the molecule is CCn1cc(C(=O)N/N=C(\C)c2cccs2)c(=O)c2ccc(C)nc21. The van der Waals surface area contributed by atoms with Crippen LogP contribution in [0.25, 0.3) is 11.0 Å². The molecule has 1 N–H and O–H groups in total. The van der Waals surface area contributed by atoms with E-state index in [1.807, 2.05) is 38.3 Å². The van der Waals surface area contributed by atoms with E-state index in [9.17, 15) is 9.59 Å². The molecule has 0 saturated heterocycles. The van der Waals surface area contributed by atoms with Crippen molar-refractivity contribution < 1.29 is 4.79 Å². The zero-order valence-electron chi connectivity index (χ0n) is 14.2. The molecule has 0 bridgehead atoms. The van der Waals surface area contributed by atoms with Crippen LogP contribution in [0.5, 0.6) is 0 Å². The predicted octanol–water partition coefficient (Wildman–Crippen LogP) is 2.94. The van der Waals surface area contributed by atoms with Gasteiger partial charge in [-0.25, -0.2) is 10.4 Å². The summed E-state index contributed by atoms with van der Waals surface area (Å²) in [5.41, 5.74) is 4.30. The van der Waals surface area contributed by atoms with Crippen molar-refractivity contribution in [3.63, 3.8) is 0 Å². The van der Waals surface area contributed by atoms with Crippen LogP contribution in [0.15, 0.2) is 45.7 Å². The summed E-state index contributed by atoms with van der Waals surface area (Å²) in [4.78, 5) is 30.5. The highest BCUT2D eigenvalue weighted by Gasteiger charge is 2.16. The summed E-state index contributed by atoms with van der Waals surface area (Å²) >= 11 is 1.53. The second-order valence-electron chi connectivity index (χ2n) is 5.60. The number of carbonyl (C=O) groups is 1. The molecule has 25 heavy (non-hydrogen) atoms. The highest BCUT2D eigenvalue weighted by Crippen LogP contribution is 2.12. The van der Waals surface area contributed by atoms with Crippen molar-refractivity contribution in [1.29, 1.82) is 0 Å². The first-order valence-electron chi connectivity index (χ1n) is 7.90. The van der Waals surface area contributed by atoms with Gasteiger partial charge >= 0.3 is 0 Å². The third-order valence-electron chi connectivity index (χ3n) is 3.85. The minimum atomic E-state index is -0.523. The Bertz CT molecular complexity index is 1020. The number of rotatable bonds is 4. The summed E-state index contributed by atoms with van der Waals surface area (Å²) in [6.45, 7) is 6.22. The zero-order chi connectivity index (χ0) is 18.0. The van der Waals surface area contributed by atoms with Crippen LogP contribution < -0.4 is 10.9 Å². The molecular weight excluding hydrogens is 336 g/mol. The summed E-state index contributed by atoms with van der Waals surface area (Å²) in [6.07, 6.45) is 1.54. The smallest absolute Gasteiger partial charge is 0.276 e. The molecule has 0 saturated carbocycles. The van der Waals surface area contributed by atoms with Crippen molar-refractivity contribution in [2.45, 2.75) is 27.3 Å². The van der Waals surface area contributed by atoms with Gasteiger partial charge in [-0.2, -0.15) is 5.10 Å². The fourth-order valence-electron chi connectivity index (χ4n) is 2.50. The van der Waals surface area contributed by atoms with Gasteiger partial charge in [-0.1, -0.05) is 6.07 Å². The van der Waals surface area contributed by atoms with E-state index in [-0.39, 0.29) is 11.0 Å². The van der Waals surface area contributed by atoms with E-state index in [4.69, 9.17) is 0 Å². The van der Waals surface area contributed by atoms with Crippen molar-refractivity contribution >= 4 is 34.0 Å². The summed E-state index contributed by atoms with van der Waals surface area (Å²) in [5, 5.41) is 6.47. The number of nitrogens with zero attached hydrogens (tertiary/aromatic N) is 3. The quantitative estimate of drug-likeness (QED) is 0.578. The molecule has 3 aromatic rings. The van der Waals surface area contributed by atoms with Gasteiger partial charge in [-0.15, -0.1) is 11.3 Å². The molecule has 0 atom stereocenters. The van der Waals surface area contributed by atoms with Gasteiger partial charge in [0.05, 0.1) is 11.1 Å². The van der Waals surface area contributed by atoms with Crippen LogP contribution in [-0.2, 0) is 6.54 Å². The molecule has 0 spiro atoms. The molecule has 0 aromatic carbocycles. The number of fused-ring (bicyclic) bond motifs is 1. The van der Waals surface area contributed by atoms with E-state index < -0.39 is 5.91 Å². The lowest BCUT2D eigenvalue weighted by Crippen LogP contribution is -2.27. The van der Waals surface area contributed by atoms with Crippen molar-refractivity contribution in [2.24, 2.45) is 5.10 Å². The van der Waals surface area contributed by atoms with Crippen molar-refractivity contribution in [2.75, 3.05) is 0 Å². The van der Waals surface area contributed by atoms with E-state index in [1.165, 1.54) is 11.3 Å². The number of hydrazone groups is 1. The molecule has 0 unspecified atom stereocenters. The highest BCUT2D eigenvalue weighted by atomic mass is 32.1. The topological polar surface area (TPSA) is 76.3 Å². The summed E-state index contributed by atoms with van der Waals surface area (Å²) < 4.78 is 1.80. The number of hydrogen-bond acceptors (Lipinski definition) is 5. The maximum absolute atomic E-state index is 12.7. The third-order valence-corrected chi connectivity index (χ3v) is 4.83. The lowest BCUT2D eigenvalue weighted by atomic mass is 10.1. The molecule has 0 fully saturated rings. The second kappa shape index (κ2) is 6.98. The van der Waals surface area contributed by atoms with E-state index in [0.29, 0.717) is 23.3 Å². The van der Waals surface area contributed by atoms with Gasteiger partial charge in [0.15, 0.2) is 0 Å². The predicted molar refractivity (Wildman–Crippen MR) is 100 cm³/mol. The van der Waals surface area contributed by atoms with Gasteiger partial charge in [-0.3, -0.25) is 9.59 Å². The van der Waals surface area contributed by atoms with Gasteiger partial charge in [0.25, 0.3) is 5.91 Å². The van der Waals surface area contributed by atoms with Gasteiger partial charge < -0.3 is 4.57 Å². The Labute approximate surface area is 148 Å².